The lowest BCUT2D eigenvalue weighted by Gasteiger charge is -2.24. The van der Waals surface area contributed by atoms with E-state index in [-0.39, 0.29) is 17.7 Å². The number of rotatable bonds is 7. The lowest BCUT2D eigenvalue weighted by molar-refractivity contribution is -0.147. The van der Waals surface area contributed by atoms with E-state index in [2.05, 4.69) is 10.1 Å². The SMILES string of the molecule is COC(=O)[C@H](CO)NC(=O)C(CC(C)C)C(C)C. The van der Waals surface area contributed by atoms with Crippen LogP contribution in [0.25, 0.3) is 0 Å². The summed E-state index contributed by atoms with van der Waals surface area (Å²) in [4.78, 5) is 23.4. The van der Waals surface area contributed by atoms with Crippen LogP contribution in [0.4, 0.5) is 0 Å². The molecule has 0 aliphatic carbocycles. The second-order valence-electron chi connectivity index (χ2n) is 5.25. The summed E-state index contributed by atoms with van der Waals surface area (Å²) in [6.07, 6.45) is 0.753. The van der Waals surface area contributed by atoms with Gasteiger partial charge in [0.05, 0.1) is 13.7 Å². The third-order valence-corrected chi connectivity index (χ3v) is 2.85. The Bertz CT molecular complexity index is 276. The fourth-order valence-corrected chi connectivity index (χ4v) is 1.79. The normalized spacial score (nSPS) is 14.4. The average molecular weight is 259 g/mol. The summed E-state index contributed by atoms with van der Waals surface area (Å²) in [5.74, 6) is -0.414. The molecule has 0 aliphatic heterocycles. The molecular formula is C13H25NO4. The van der Waals surface area contributed by atoms with Gasteiger partial charge in [-0.05, 0) is 18.3 Å². The number of amides is 1. The van der Waals surface area contributed by atoms with Crippen LogP contribution < -0.4 is 5.32 Å². The lowest BCUT2D eigenvalue weighted by atomic mass is 9.87. The van der Waals surface area contributed by atoms with Gasteiger partial charge in [0.1, 0.15) is 0 Å². The van der Waals surface area contributed by atoms with Crippen molar-refractivity contribution in [1.29, 1.82) is 0 Å². The molecule has 0 aromatic rings. The Labute approximate surface area is 109 Å². The molecule has 0 aliphatic rings. The molecule has 5 heteroatoms. The van der Waals surface area contributed by atoms with Crippen molar-refractivity contribution in [3.8, 4) is 0 Å². The predicted molar refractivity (Wildman–Crippen MR) is 68.8 cm³/mol. The highest BCUT2D eigenvalue weighted by Crippen LogP contribution is 2.20. The van der Waals surface area contributed by atoms with Crippen molar-refractivity contribution in [2.24, 2.45) is 17.8 Å². The topological polar surface area (TPSA) is 75.6 Å². The third kappa shape index (κ3) is 5.49. The van der Waals surface area contributed by atoms with Gasteiger partial charge in [-0.2, -0.15) is 0 Å². The third-order valence-electron chi connectivity index (χ3n) is 2.85. The standard InChI is InChI=1S/C13H25NO4/c1-8(2)6-10(9(3)4)12(16)14-11(7-15)13(17)18-5/h8-11,15H,6-7H2,1-5H3,(H,14,16)/t10?,11-/m0/s1. The van der Waals surface area contributed by atoms with Gasteiger partial charge in [0.25, 0.3) is 0 Å². The van der Waals surface area contributed by atoms with Crippen LogP contribution in [0, 0.1) is 17.8 Å². The first-order valence-corrected chi connectivity index (χ1v) is 6.32. The van der Waals surface area contributed by atoms with E-state index in [1.165, 1.54) is 7.11 Å². The number of carbonyl (C=O) groups is 2. The molecule has 0 saturated heterocycles. The molecule has 0 spiro atoms. The summed E-state index contributed by atoms with van der Waals surface area (Å²) in [6.45, 7) is 7.58. The van der Waals surface area contributed by atoms with Crippen LogP contribution >= 0.6 is 0 Å². The zero-order chi connectivity index (χ0) is 14.3. The number of hydrogen-bond acceptors (Lipinski definition) is 4. The molecule has 1 unspecified atom stereocenters. The van der Waals surface area contributed by atoms with Gasteiger partial charge in [-0.3, -0.25) is 4.79 Å². The van der Waals surface area contributed by atoms with Crippen molar-refractivity contribution in [3.05, 3.63) is 0 Å². The number of hydrogen-bond donors (Lipinski definition) is 2. The van der Waals surface area contributed by atoms with E-state index in [0.717, 1.165) is 6.42 Å². The molecule has 18 heavy (non-hydrogen) atoms. The Balaban J connectivity index is 4.62. The second kappa shape index (κ2) is 8.08. The first-order chi connectivity index (χ1) is 8.33. The fourth-order valence-electron chi connectivity index (χ4n) is 1.79. The maximum Gasteiger partial charge on any atom is 0.330 e. The number of ether oxygens (including phenoxy) is 1. The van der Waals surface area contributed by atoms with Gasteiger partial charge in [0.2, 0.25) is 5.91 Å². The number of esters is 1. The molecule has 106 valence electrons. The van der Waals surface area contributed by atoms with Crippen molar-refractivity contribution in [1.82, 2.24) is 5.32 Å². The van der Waals surface area contributed by atoms with Crippen LogP contribution in [-0.2, 0) is 14.3 Å². The van der Waals surface area contributed by atoms with Crippen LogP contribution in [0.3, 0.4) is 0 Å². The molecule has 5 nitrogen and oxygen atoms in total. The quantitative estimate of drug-likeness (QED) is 0.668. The minimum absolute atomic E-state index is 0.163. The van der Waals surface area contributed by atoms with Crippen LogP contribution in [0.1, 0.15) is 34.1 Å². The zero-order valence-electron chi connectivity index (χ0n) is 11.9. The number of nitrogens with one attached hydrogen (secondary N) is 1. The van der Waals surface area contributed by atoms with E-state index >= 15 is 0 Å². The van der Waals surface area contributed by atoms with E-state index < -0.39 is 18.6 Å². The molecule has 2 atom stereocenters. The van der Waals surface area contributed by atoms with Gasteiger partial charge >= 0.3 is 5.97 Å². The minimum atomic E-state index is -0.976. The van der Waals surface area contributed by atoms with Gasteiger partial charge in [0.15, 0.2) is 6.04 Å². The smallest absolute Gasteiger partial charge is 0.330 e. The maximum atomic E-state index is 12.1. The van der Waals surface area contributed by atoms with Gasteiger partial charge in [-0.15, -0.1) is 0 Å². The Morgan fingerprint density at radius 2 is 1.78 bits per heavy atom. The van der Waals surface area contributed by atoms with Gasteiger partial charge in [-0.25, -0.2) is 4.79 Å². The van der Waals surface area contributed by atoms with Crippen molar-refractivity contribution >= 4 is 11.9 Å². The van der Waals surface area contributed by atoms with Crippen molar-refractivity contribution < 1.29 is 19.4 Å². The molecule has 0 rings (SSSR count). The number of aliphatic hydroxyl groups is 1. The highest BCUT2D eigenvalue weighted by atomic mass is 16.5. The minimum Gasteiger partial charge on any atom is -0.467 e. The summed E-state index contributed by atoms with van der Waals surface area (Å²) >= 11 is 0. The van der Waals surface area contributed by atoms with Crippen LogP contribution in [0.2, 0.25) is 0 Å². The molecule has 2 N–H and O–H groups in total. The largest absolute Gasteiger partial charge is 0.467 e. The molecule has 0 bridgehead atoms. The predicted octanol–water partition coefficient (Wildman–Crippen LogP) is 0.955. The number of methoxy groups -OCH3 is 1. The summed E-state index contributed by atoms with van der Waals surface area (Å²) < 4.78 is 4.51. The van der Waals surface area contributed by atoms with E-state index in [1.54, 1.807) is 0 Å². The summed E-state index contributed by atoms with van der Waals surface area (Å²) in [5.41, 5.74) is 0. The van der Waals surface area contributed by atoms with E-state index in [9.17, 15) is 9.59 Å². The molecule has 0 aromatic heterocycles. The van der Waals surface area contributed by atoms with Crippen molar-refractivity contribution in [3.63, 3.8) is 0 Å². The Morgan fingerprint density at radius 1 is 1.22 bits per heavy atom. The lowest BCUT2D eigenvalue weighted by Crippen LogP contribution is -2.47. The molecule has 0 saturated carbocycles. The molecular weight excluding hydrogens is 234 g/mol. The molecule has 1 amide bonds. The highest BCUT2D eigenvalue weighted by Gasteiger charge is 2.27. The van der Waals surface area contributed by atoms with E-state index in [0.29, 0.717) is 5.92 Å². The molecule has 0 aromatic carbocycles. The Morgan fingerprint density at radius 3 is 2.11 bits per heavy atom. The summed E-state index contributed by atoms with van der Waals surface area (Å²) in [6, 6.07) is -0.976. The molecule has 0 fully saturated rings. The zero-order valence-corrected chi connectivity index (χ0v) is 11.9. The van der Waals surface area contributed by atoms with Crippen molar-refractivity contribution in [2.45, 2.75) is 40.2 Å². The second-order valence-corrected chi connectivity index (χ2v) is 5.25. The van der Waals surface area contributed by atoms with E-state index in [1.807, 2.05) is 27.7 Å². The first kappa shape index (κ1) is 16.9. The first-order valence-electron chi connectivity index (χ1n) is 6.32. The fraction of sp³-hybridized carbons (Fsp3) is 0.846. The number of carbonyl (C=O) groups excluding carboxylic acids is 2. The van der Waals surface area contributed by atoms with Gasteiger partial charge < -0.3 is 15.2 Å². The monoisotopic (exact) mass is 259 g/mol. The number of aliphatic hydroxyl groups excluding tert-OH is 1. The van der Waals surface area contributed by atoms with Crippen LogP contribution in [-0.4, -0.2) is 36.7 Å². The summed E-state index contributed by atoms with van der Waals surface area (Å²) in [7, 11) is 1.23. The maximum absolute atomic E-state index is 12.1. The highest BCUT2D eigenvalue weighted by molar-refractivity contribution is 5.85. The Hall–Kier alpha value is -1.10. The Kier molecular flexibility index (Phi) is 7.59. The van der Waals surface area contributed by atoms with Crippen molar-refractivity contribution in [2.75, 3.05) is 13.7 Å². The average Bonchev–Trinajstić information content (AvgIpc) is 2.31. The van der Waals surface area contributed by atoms with Gasteiger partial charge in [-0.1, -0.05) is 27.7 Å². The van der Waals surface area contributed by atoms with Gasteiger partial charge in [0, 0.05) is 5.92 Å². The van der Waals surface area contributed by atoms with Crippen LogP contribution in [0.5, 0.6) is 0 Å². The molecule has 0 heterocycles. The summed E-state index contributed by atoms with van der Waals surface area (Å²) in [5, 5.41) is 11.6. The molecule has 0 radical (unpaired) electrons. The van der Waals surface area contributed by atoms with E-state index in [4.69, 9.17) is 5.11 Å². The van der Waals surface area contributed by atoms with Crippen LogP contribution in [0.15, 0.2) is 0 Å².